The third kappa shape index (κ3) is 5.41. The van der Waals surface area contributed by atoms with E-state index in [1.54, 1.807) is 0 Å². The van der Waals surface area contributed by atoms with Crippen molar-refractivity contribution in [2.24, 2.45) is 0 Å². The molecule has 0 fully saturated rings. The predicted molar refractivity (Wildman–Crippen MR) is 82.0 cm³/mol. The molecule has 1 atom stereocenters. The number of hydrogen-bond donors (Lipinski definition) is 2. The van der Waals surface area contributed by atoms with Gasteiger partial charge in [0, 0.05) is 11.3 Å². The molecule has 2 N–H and O–H groups in total. The van der Waals surface area contributed by atoms with Gasteiger partial charge in [-0.05, 0) is 18.2 Å². The fraction of sp³-hybridized carbons (Fsp3) is 0.235. The Morgan fingerprint density at radius 2 is 1.78 bits per heavy atom. The van der Waals surface area contributed by atoms with E-state index in [2.05, 4.69) is 5.32 Å². The summed E-state index contributed by atoms with van der Waals surface area (Å²) < 4.78 is 37.9. The third-order valence-electron chi connectivity index (χ3n) is 3.28. The molecule has 0 aromatic heterocycles. The lowest BCUT2D eigenvalue weighted by atomic mass is 10.2. The highest BCUT2D eigenvalue weighted by molar-refractivity contribution is 5.91. The Morgan fingerprint density at radius 3 is 2.43 bits per heavy atom. The molecular weight excluding hydrogens is 305 g/mol. The van der Waals surface area contributed by atoms with Crippen LogP contribution in [0, 0.1) is 0 Å². The number of amides is 1. The maximum absolute atomic E-state index is 12.6. The monoisotopic (exact) mass is 323 g/mol. The van der Waals surface area contributed by atoms with E-state index >= 15 is 0 Å². The summed E-state index contributed by atoms with van der Waals surface area (Å²) in [5.41, 5.74) is 0.467. The van der Waals surface area contributed by atoms with Crippen molar-refractivity contribution < 1.29 is 22.9 Å². The van der Waals surface area contributed by atoms with Gasteiger partial charge in [-0.3, -0.25) is 4.79 Å². The van der Waals surface area contributed by atoms with Crippen LogP contribution in [-0.2, 0) is 17.5 Å². The van der Waals surface area contributed by atoms with Crippen LogP contribution >= 0.6 is 0 Å². The van der Waals surface area contributed by atoms with Crippen molar-refractivity contribution in [2.75, 3.05) is 18.9 Å². The van der Waals surface area contributed by atoms with Crippen LogP contribution in [0.15, 0.2) is 54.6 Å². The number of benzene rings is 2. The number of alkyl halides is 3. The summed E-state index contributed by atoms with van der Waals surface area (Å²) in [6, 6.07) is 14.3. The number of carbonyl (C=O) groups excluding carboxylic acids is 1. The fourth-order valence-corrected chi connectivity index (χ4v) is 2.26. The van der Waals surface area contributed by atoms with Crippen molar-refractivity contribution >= 4 is 11.6 Å². The van der Waals surface area contributed by atoms with E-state index in [-0.39, 0.29) is 18.1 Å². The number of halogens is 3. The molecule has 3 nitrogen and oxygen atoms in total. The molecule has 0 aliphatic heterocycles. The molecule has 0 spiro atoms. The van der Waals surface area contributed by atoms with Gasteiger partial charge in [0.15, 0.2) is 6.54 Å². The summed E-state index contributed by atoms with van der Waals surface area (Å²) in [4.78, 5) is 12.9. The molecule has 0 aliphatic rings. The molecular formula is C17H18F3N2O+. The third-order valence-corrected chi connectivity index (χ3v) is 3.28. The molecule has 0 aliphatic carbocycles. The second-order valence-electron chi connectivity index (χ2n) is 5.42. The van der Waals surface area contributed by atoms with E-state index in [1.165, 1.54) is 12.1 Å². The molecule has 0 radical (unpaired) electrons. The lowest BCUT2D eigenvalue weighted by molar-refractivity contribution is -0.885. The van der Waals surface area contributed by atoms with E-state index in [4.69, 9.17) is 0 Å². The molecule has 2 aromatic carbocycles. The minimum absolute atomic E-state index is 0.150. The topological polar surface area (TPSA) is 33.5 Å². The Bertz CT molecular complexity index is 656. The summed E-state index contributed by atoms with van der Waals surface area (Å²) in [6.45, 7) is 0.835. The molecule has 23 heavy (non-hydrogen) atoms. The first-order chi connectivity index (χ1) is 10.8. The summed E-state index contributed by atoms with van der Waals surface area (Å²) >= 11 is 0. The highest BCUT2D eigenvalue weighted by atomic mass is 19.4. The number of quaternary nitrogens is 1. The Morgan fingerprint density at radius 1 is 1.09 bits per heavy atom. The van der Waals surface area contributed by atoms with E-state index in [1.807, 2.05) is 37.4 Å². The zero-order chi connectivity index (χ0) is 16.9. The van der Waals surface area contributed by atoms with Gasteiger partial charge >= 0.3 is 6.18 Å². The van der Waals surface area contributed by atoms with Crippen molar-refractivity contribution in [3.63, 3.8) is 0 Å². The summed E-state index contributed by atoms with van der Waals surface area (Å²) in [7, 11) is 1.86. The summed E-state index contributed by atoms with van der Waals surface area (Å²) in [6.07, 6.45) is -4.42. The lowest BCUT2D eigenvalue weighted by Crippen LogP contribution is -3.08. The van der Waals surface area contributed by atoms with Crippen molar-refractivity contribution in [1.29, 1.82) is 0 Å². The van der Waals surface area contributed by atoms with Crippen LogP contribution in [0.4, 0.5) is 18.9 Å². The highest BCUT2D eigenvalue weighted by Crippen LogP contribution is 2.30. The largest absolute Gasteiger partial charge is 0.416 e. The van der Waals surface area contributed by atoms with Crippen LogP contribution in [0.2, 0.25) is 0 Å². The van der Waals surface area contributed by atoms with Crippen LogP contribution < -0.4 is 10.2 Å². The standard InChI is InChI=1S/C17H17F3N2O/c1-22(11-13-6-3-2-4-7-13)12-16(23)21-15-9-5-8-14(10-15)17(18,19)20/h2-10H,11-12H2,1H3,(H,21,23)/p+1. The first-order valence-electron chi connectivity index (χ1n) is 7.17. The Hall–Kier alpha value is -2.34. The molecule has 0 saturated heterocycles. The maximum atomic E-state index is 12.6. The molecule has 1 unspecified atom stereocenters. The molecule has 6 heteroatoms. The van der Waals surface area contributed by atoms with Crippen molar-refractivity contribution in [1.82, 2.24) is 0 Å². The zero-order valence-electron chi connectivity index (χ0n) is 12.7. The van der Waals surface area contributed by atoms with Gasteiger partial charge in [-0.15, -0.1) is 0 Å². The van der Waals surface area contributed by atoms with Crippen LogP contribution in [-0.4, -0.2) is 19.5 Å². The van der Waals surface area contributed by atoms with Gasteiger partial charge in [-0.2, -0.15) is 13.2 Å². The number of hydrogen-bond acceptors (Lipinski definition) is 1. The average Bonchev–Trinajstić information content (AvgIpc) is 2.47. The molecule has 2 rings (SSSR count). The summed E-state index contributed by atoms with van der Waals surface area (Å²) in [5.74, 6) is -0.322. The molecule has 122 valence electrons. The number of nitrogens with one attached hydrogen (secondary N) is 2. The van der Waals surface area contributed by atoms with Crippen LogP contribution in [0.1, 0.15) is 11.1 Å². The van der Waals surface area contributed by atoms with Crippen LogP contribution in [0.25, 0.3) is 0 Å². The minimum atomic E-state index is -4.42. The second kappa shape index (κ2) is 7.28. The van der Waals surface area contributed by atoms with Gasteiger partial charge in [-0.25, -0.2) is 0 Å². The molecule has 0 saturated carbocycles. The number of carbonyl (C=O) groups is 1. The Balaban J connectivity index is 1.92. The highest BCUT2D eigenvalue weighted by Gasteiger charge is 2.30. The zero-order valence-corrected chi connectivity index (χ0v) is 12.7. The first kappa shape index (κ1) is 17.0. The molecule has 0 heterocycles. The van der Waals surface area contributed by atoms with Gasteiger partial charge in [0.05, 0.1) is 12.6 Å². The van der Waals surface area contributed by atoms with Gasteiger partial charge in [0.1, 0.15) is 6.54 Å². The molecule has 1 amide bonds. The molecule has 0 bridgehead atoms. The molecule has 2 aromatic rings. The van der Waals surface area contributed by atoms with Crippen molar-refractivity contribution in [3.05, 3.63) is 65.7 Å². The lowest BCUT2D eigenvalue weighted by Gasteiger charge is -2.14. The first-order valence-corrected chi connectivity index (χ1v) is 7.17. The van der Waals surface area contributed by atoms with E-state index < -0.39 is 11.7 Å². The van der Waals surface area contributed by atoms with Gasteiger partial charge in [0.2, 0.25) is 0 Å². The van der Waals surface area contributed by atoms with E-state index in [9.17, 15) is 18.0 Å². The SMILES string of the molecule is C[NH+](CC(=O)Nc1cccc(C(F)(F)F)c1)Cc1ccccc1. The predicted octanol–water partition coefficient (Wildman–Crippen LogP) is 2.36. The van der Waals surface area contributed by atoms with Crippen molar-refractivity contribution in [3.8, 4) is 0 Å². The maximum Gasteiger partial charge on any atom is 0.416 e. The Kier molecular flexibility index (Phi) is 5.39. The van der Waals surface area contributed by atoms with E-state index in [0.717, 1.165) is 22.6 Å². The van der Waals surface area contributed by atoms with Crippen LogP contribution in [0.3, 0.4) is 0 Å². The van der Waals surface area contributed by atoms with Gasteiger partial charge < -0.3 is 10.2 Å². The quantitative estimate of drug-likeness (QED) is 0.870. The Labute approximate surface area is 132 Å². The summed E-state index contributed by atoms with van der Waals surface area (Å²) in [5, 5.41) is 2.51. The average molecular weight is 323 g/mol. The van der Waals surface area contributed by atoms with E-state index in [0.29, 0.717) is 6.54 Å². The van der Waals surface area contributed by atoms with Gasteiger partial charge in [-0.1, -0.05) is 36.4 Å². The smallest absolute Gasteiger partial charge is 0.326 e. The number of rotatable bonds is 5. The second-order valence-corrected chi connectivity index (χ2v) is 5.42. The van der Waals surface area contributed by atoms with Crippen molar-refractivity contribution in [2.45, 2.75) is 12.7 Å². The number of anilines is 1. The number of likely N-dealkylation sites (N-methyl/N-ethyl adjacent to an activating group) is 1. The van der Waals surface area contributed by atoms with Crippen LogP contribution in [0.5, 0.6) is 0 Å². The fourth-order valence-electron chi connectivity index (χ4n) is 2.26. The van der Waals surface area contributed by atoms with Gasteiger partial charge in [0.25, 0.3) is 5.91 Å². The normalized spacial score (nSPS) is 12.7. The minimum Gasteiger partial charge on any atom is -0.326 e.